The van der Waals surface area contributed by atoms with Gasteiger partial charge >= 0.3 is 0 Å². The fourth-order valence-corrected chi connectivity index (χ4v) is 2.82. The molecule has 1 fully saturated rings. The van der Waals surface area contributed by atoms with Crippen LogP contribution >= 0.6 is 11.6 Å². The minimum absolute atomic E-state index is 0.0680. The Bertz CT molecular complexity index is 521. The van der Waals surface area contributed by atoms with Crippen molar-refractivity contribution >= 4 is 23.6 Å². The Kier molecular flexibility index (Phi) is 4.86. The maximum absolute atomic E-state index is 12.2. The van der Waals surface area contributed by atoms with Gasteiger partial charge in [-0.25, -0.2) is 0 Å². The Hall–Kier alpha value is -1.29. The number of nitrogens with zero attached hydrogens (tertiary/aromatic N) is 3. The van der Waals surface area contributed by atoms with E-state index in [4.69, 9.17) is 11.6 Å². The standard InChI is InChI=1S/C15H22ClN3O/c1-11-5-4-9-19(10-8-11)14(20)7-6-13-12(2)17-18(3)15(13)16/h6-7,11H,4-5,8-10H2,1-3H3/b7-6+/t11-/m1/s1. The summed E-state index contributed by atoms with van der Waals surface area (Å²) in [6, 6.07) is 0. The van der Waals surface area contributed by atoms with Crippen molar-refractivity contribution in [1.29, 1.82) is 0 Å². The second-order valence-corrected chi connectivity index (χ2v) is 5.97. The topological polar surface area (TPSA) is 38.1 Å². The number of halogens is 1. The molecule has 1 atom stereocenters. The molecule has 0 unspecified atom stereocenters. The quantitative estimate of drug-likeness (QED) is 0.787. The molecule has 1 saturated heterocycles. The summed E-state index contributed by atoms with van der Waals surface area (Å²) >= 11 is 6.15. The molecule has 0 bridgehead atoms. The lowest BCUT2D eigenvalue weighted by Crippen LogP contribution is -2.30. The summed E-state index contributed by atoms with van der Waals surface area (Å²) in [5, 5.41) is 4.80. The average Bonchev–Trinajstić information content (AvgIpc) is 2.59. The minimum atomic E-state index is 0.0680. The smallest absolute Gasteiger partial charge is 0.246 e. The monoisotopic (exact) mass is 295 g/mol. The molecule has 0 radical (unpaired) electrons. The number of hydrogen-bond acceptors (Lipinski definition) is 2. The molecular weight excluding hydrogens is 274 g/mol. The number of carbonyl (C=O) groups is 1. The van der Waals surface area contributed by atoms with Gasteiger partial charge in [-0.1, -0.05) is 18.5 Å². The highest BCUT2D eigenvalue weighted by atomic mass is 35.5. The summed E-state index contributed by atoms with van der Waals surface area (Å²) < 4.78 is 1.62. The Labute approximate surface area is 125 Å². The molecule has 1 amide bonds. The van der Waals surface area contributed by atoms with Crippen molar-refractivity contribution in [1.82, 2.24) is 14.7 Å². The van der Waals surface area contributed by atoms with Gasteiger partial charge < -0.3 is 4.90 Å². The third kappa shape index (κ3) is 3.42. The Balaban J connectivity index is 2.05. The maximum atomic E-state index is 12.2. The first-order chi connectivity index (χ1) is 9.49. The van der Waals surface area contributed by atoms with E-state index in [1.54, 1.807) is 23.9 Å². The summed E-state index contributed by atoms with van der Waals surface area (Å²) in [6.07, 6.45) is 6.79. The fraction of sp³-hybridized carbons (Fsp3) is 0.600. The summed E-state index contributed by atoms with van der Waals surface area (Å²) in [4.78, 5) is 14.2. The highest BCUT2D eigenvalue weighted by Gasteiger charge is 2.17. The number of aryl methyl sites for hydroxylation is 2. The molecule has 1 aromatic heterocycles. The third-order valence-electron chi connectivity index (χ3n) is 3.92. The van der Waals surface area contributed by atoms with Gasteiger partial charge in [-0.3, -0.25) is 9.48 Å². The van der Waals surface area contributed by atoms with Crippen molar-refractivity contribution in [2.24, 2.45) is 13.0 Å². The molecule has 4 nitrogen and oxygen atoms in total. The lowest BCUT2D eigenvalue weighted by Gasteiger charge is -2.18. The van der Waals surface area contributed by atoms with E-state index in [0.717, 1.165) is 37.2 Å². The molecule has 2 rings (SSSR count). The normalized spacial score (nSPS) is 20.4. The highest BCUT2D eigenvalue weighted by Crippen LogP contribution is 2.21. The van der Waals surface area contributed by atoms with Gasteiger partial charge in [0.05, 0.1) is 5.69 Å². The van der Waals surface area contributed by atoms with Crippen LogP contribution in [0.1, 0.15) is 37.4 Å². The molecule has 0 spiro atoms. The molecule has 1 aliphatic heterocycles. The summed E-state index contributed by atoms with van der Waals surface area (Å²) in [5.74, 6) is 0.783. The summed E-state index contributed by atoms with van der Waals surface area (Å²) in [5.41, 5.74) is 1.66. The highest BCUT2D eigenvalue weighted by molar-refractivity contribution is 6.31. The molecule has 1 aliphatic rings. The predicted octanol–water partition coefficient (Wildman–Crippen LogP) is 3.04. The van der Waals surface area contributed by atoms with Gasteiger partial charge in [-0.2, -0.15) is 5.10 Å². The van der Waals surface area contributed by atoms with Crippen LogP contribution in [0, 0.1) is 12.8 Å². The van der Waals surface area contributed by atoms with Crippen LogP contribution in [0.2, 0.25) is 5.15 Å². The van der Waals surface area contributed by atoms with E-state index >= 15 is 0 Å². The molecule has 110 valence electrons. The summed E-state index contributed by atoms with van der Waals surface area (Å²) in [7, 11) is 1.80. The van der Waals surface area contributed by atoms with E-state index in [1.165, 1.54) is 6.42 Å². The summed E-state index contributed by atoms with van der Waals surface area (Å²) in [6.45, 7) is 5.85. The molecule has 20 heavy (non-hydrogen) atoms. The minimum Gasteiger partial charge on any atom is -0.339 e. The van der Waals surface area contributed by atoms with Crippen LogP contribution in [-0.4, -0.2) is 33.7 Å². The third-order valence-corrected chi connectivity index (χ3v) is 4.37. The number of rotatable bonds is 2. The van der Waals surface area contributed by atoms with Gasteiger partial charge in [-0.05, 0) is 38.2 Å². The van der Waals surface area contributed by atoms with E-state index < -0.39 is 0 Å². The van der Waals surface area contributed by atoms with Crippen LogP contribution in [0.25, 0.3) is 6.08 Å². The van der Waals surface area contributed by atoms with E-state index in [1.807, 2.05) is 11.8 Å². The van der Waals surface area contributed by atoms with E-state index in [0.29, 0.717) is 11.1 Å². The molecule has 2 heterocycles. The maximum Gasteiger partial charge on any atom is 0.246 e. The van der Waals surface area contributed by atoms with Crippen molar-refractivity contribution in [3.8, 4) is 0 Å². The second kappa shape index (κ2) is 6.44. The first-order valence-electron chi connectivity index (χ1n) is 7.15. The first-order valence-corrected chi connectivity index (χ1v) is 7.53. The van der Waals surface area contributed by atoms with Crippen molar-refractivity contribution in [2.75, 3.05) is 13.1 Å². The Morgan fingerprint density at radius 1 is 1.40 bits per heavy atom. The van der Waals surface area contributed by atoms with Crippen molar-refractivity contribution in [2.45, 2.75) is 33.1 Å². The van der Waals surface area contributed by atoms with Crippen molar-refractivity contribution in [3.63, 3.8) is 0 Å². The zero-order valence-corrected chi connectivity index (χ0v) is 13.2. The predicted molar refractivity (Wildman–Crippen MR) is 81.6 cm³/mol. The van der Waals surface area contributed by atoms with Gasteiger partial charge in [0.2, 0.25) is 5.91 Å². The Morgan fingerprint density at radius 3 is 2.80 bits per heavy atom. The van der Waals surface area contributed by atoms with Crippen LogP contribution in [-0.2, 0) is 11.8 Å². The van der Waals surface area contributed by atoms with Crippen molar-refractivity contribution in [3.05, 3.63) is 22.5 Å². The largest absolute Gasteiger partial charge is 0.339 e. The van der Waals surface area contributed by atoms with E-state index in [2.05, 4.69) is 12.0 Å². The lowest BCUT2D eigenvalue weighted by atomic mass is 10.0. The molecular formula is C15H22ClN3O. The van der Waals surface area contributed by atoms with E-state index in [-0.39, 0.29) is 5.91 Å². The average molecular weight is 296 g/mol. The molecule has 0 saturated carbocycles. The fourth-order valence-electron chi connectivity index (χ4n) is 2.58. The zero-order valence-electron chi connectivity index (χ0n) is 12.4. The second-order valence-electron chi connectivity index (χ2n) is 5.61. The number of carbonyl (C=O) groups excluding carboxylic acids is 1. The van der Waals surface area contributed by atoms with Crippen LogP contribution in [0.4, 0.5) is 0 Å². The Morgan fingerprint density at radius 2 is 2.15 bits per heavy atom. The van der Waals surface area contributed by atoms with Crippen LogP contribution in [0.15, 0.2) is 6.08 Å². The van der Waals surface area contributed by atoms with Crippen LogP contribution in [0.3, 0.4) is 0 Å². The van der Waals surface area contributed by atoms with Gasteiger partial charge in [0, 0.05) is 31.8 Å². The molecule has 0 N–H and O–H groups in total. The van der Waals surface area contributed by atoms with Gasteiger partial charge in [0.25, 0.3) is 0 Å². The van der Waals surface area contributed by atoms with Gasteiger partial charge in [0.15, 0.2) is 0 Å². The number of hydrogen-bond donors (Lipinski definition) is 0. The lowest BCUT2D eigenvalue weighted by molar-refractivity contribution is -0.125. The molecule has 5 heteroatoms. The van der Waals surface area contributed by atoms with Crippen molar-refractivity contribution < 1.29 is 4.79 Å². The number of amides is 1. The number of aromatic nitrogens is 2. The molecule has 1 aromatic rings. The number of likely N-dealkylation sites (tertiary alicyclic amines) is 1. The van der Waals surface area contributed by atoms with Crippen LogP contribution < -0.4 is 0 Å². The first kappa shape index (κ1) is 15.1. The molecule has 0 aliphatic carbocycles. The van der Waals surface area contributed by atoms with Crippen LogP contribution in [0.5, 0.6) is 0 Å². The SMILES string of the molecule is Cc1nn(C)c(Cl)c1/C=C/C(=O)N1CCC[C@@H](C)CC1. The zero-order chi connectivity index (χ0) is 14.7. The molecule has 0 aromatic carbocycles. The van der Waals surface area contributed by atoms with Gasteiger partial charge in [-0.15, -0.1) is 0 Å². The van der Waals surface area contributed by atoms with E-state index in [9.17, 15) is 4.79 Å². The van der Waals surface area contributed by atoms with Gasteiger partial charge in [0.1, 0.15) is 5.15 Å².